The molecule has 2 heterocycles. The first-order valence-corrected chi connectivity index (χ1v) is 9.46. The van der Waals surface area contributed by atoms with Gasteiger partial charge in [0.15, 0.2) is 11.6 Å². The molecule has 0 amide bonds. The number of nitrogens with two attached hydrogens (primary N) is 1. The van der Waals surface area contributed by atoms with Crippen molar-refractivity contribution in [1.82, 2.24) is 13.7 Å². The molecule has 164 valence electrons. The van der Waals surface area contributed by atoms with E-state index in [1.807, 2.05) is 0 Å². The molecule has 0 spiro atoms. The summed E-state index contributed by atoms with van der Waals surface area (Å²) in [4.78, 5) is 24.7. The maximum absolute atomic E-state index is 14.3. The van der Waals surface area contributed by atoms with Crippen LogP contribution in [0.3, 0.4) is 0 Å². The highest BCUT2D eigenvalue weighted by Gasteiger charge is 2.20. The van der Waals surface area contributed by atoms with Gasteiger partial charge in [0.1, 0.15) is 17.3 Å². The maximum Gasteiger partial charge on any atom is 0.328 e. The third-order valence-electron chi connectivity index (χ3n) is 5.38. The van der Waals surface area contributed by atoms with Gasteiger partial charge in [0.05, 0.1) is 11.0 Å². The molecule has 8 nitrogen and oxygen atoms in total. The van der Waals surface area contributed by atoms with Crippen LogP contribution < -0.4 is 21.7 Å². The number of nitrogen functional groups attached to an aromatic ring is 1. The standard InChI is InChI=1S/C22H19F2N5O3/c1-27-10-14(13(9-25)20(26)21(27)30)12-7-16-17(29(3)22(31)28(16)2)8-19(12)32-18-5-4-11(23)6-15(18)24/h4-10,25H,26H2,1-3H3. The van der Waals surface area contributed by atoms with E-state index in [4.69, 9.17) is 15.9 Å². The Labute approximate surface area is 180 Å². The molecule has 0 radical (unpaired) electrons. The third kappa shape index (κ3) is 3.16. The van der Waals surface area contributed by atoms with Crippen LogP contribution in [-0.4, -0.2) is 19.9 Å². The summed E-state index contributed by atoms with van der Waals surface area (Å²) in [5, 5.41) is 7.78. The van der Waals surface area contributed by atoms with Gasteiger partial charge in [0.25, 0.3) is 5.56 Å². The van der Waals surface area contributed by atoms with Crippen LogP contribution in [-0.2, 0) is 21.1 Å². The van der Waals surface area contributed by atoms with Crippen molar-refractivity contribution in [3.05, 3.63) is 74.6 Å². The Morgan fingerprint density at radius 3 is 2.25 bits per heavy atom. The van der Waals surface area contributed by atoms with Crippen molar-refractivity contribution in [1.29, 1.82) is 5.41 Å². The minimum atomic E-state index is -0.912. The summed E-state index contributed by atoms with van der Waals surface area (Å²) in [6.07, 6.45) is 2.43. The number of ether oxygens (including phenoxy) is 1. The predicted octanol–water partition coefficient (Wildman–Crippen LogP) is 2.89. The molecule has 4 aromatic rings. The number of pyridine rings is 1. The second-order valence-corrected chi connectivity index (χ2v) is 7.35. The number of fused-ring (bicyclic) bond motifs is 1. The van der Waals surface area contributed by atoms with Gasteiger partial charge < -0.3 is 20.4 Å². The first-order chi connectivity index (χ1) is 15.1. The van der Waals surface area contributed by atoms with Crippen LogP contribution in [0.15, 0.2) is 46.1 Å². The number of benzene rings is 2. The number of hydrogen-bond donors (Lipinski definition) is 2. The molecule has 0 bridgehead atoms. The topological polar surface area (TPSA) is 108 Å². The van der Waals surface area contributed by atoms with E-state index in [0.717, 1.165) is 18.3 Å². The molecule has 0 saturated heterocycles. The summed E-state index contributed by atoms with van der Waals surface area (Å²) < 4.78 is 37.6. The first kappa shape index (κ1) is 21.0. The molecule has 0 saturated carbocycles. The van der Waals surface area contributed by atoms with Crippen LogP contribution in [0.25, 0.3) is 22.2 Å². The Morgan fingerprint density at radius 2 is 1.62 bits per heavy atom. The van der Waals surface area contributed by atoms with Crippen LogP contribution in [0.4, 0.5) is 14.5 Å². The molecule has 0 fully saturated rings. The van der Waals surface area contributed by atoms with E-state index in [2.05, 4.69) is 0 Å². The fraction of sp³-hybridized carbons (Fsp3) is 0.136. The Hall–Kier alpha value is -4.21. The van der Waals surface area contributed by atoms with Gasteiger partial charge in [-0.15, -0.1) is 0 Å². The number of hydrogen-bond acceptors (Lipinski definition) is 5. The molecule has 4 rings (SSSR count). The van der Waals surface area contributed by atoms with Gasteiger partial charge >= 0.3 is 5.69 Å². The van der Waals surface area contributed by atoms with Crippen LogP contribution in [0.1, 0.15) is 5.56 Å². The molecule has 0 unspecified atom stereocenters. The minimum absolute atomic E-state index is 0.130. The number of rotatable bonds is 4. The molecule has 32 heavy (non-hydrogen) atoms. The van der Waals surface area contributed by atoms with Crippen LogP contribution in [0.2, 0.25) is 0 Å². The average molecular weight is 439 g/mol. The molecule has 0 atom stereocenters. The lowest BCUT2D eigenvalue weighted by atomic mass is 9.99. The second-order valence-electron chi connectivity index (χ2n) is 7.35. The fourth-order valence-corrected chi connectivity index (χ4v) is 3.64. The van der Waals surface area contributed by atoms with Crippen molar-refractivity contribution in [2.24, 2.45) is 21.1 Å². The molecule has 0 aliphatic heterocycles. The van der Waals surface area contributed by atoms with E-state index in [9.17, 15) is 18.4 Å². The fourth-order valence-electron chi connectivity index (χ4n) is 3.64. The van der Waals surface area contributed by atoms with Crippen molar-refractivity contribution in [2.45, 2.75) is 0 Å². The monoisotopic (exact) mass is 439 g/mol. The summed E-state index contributed by atoms with van der Waals surface area (Å²) >= 11 is 0. The van der Waals surface area contributed by atoms with Crippen LogP contribution in [0, 0.1) is 17.0 Å². The predicted molar refractivity (Wildman–Crippen MR) is 118 cm³/mol. The molecule has 0 aliphatic carbocycles. The smallest absolute Gasteiger partial charge is 0.328 e. The van der Waals surface area contributed by atoms with Crippen LogP contribution >= 0.6 is 0 Å². The molecular formula is C22H19F2N5O3. The minimum Gasteiger partial charge on any atom is -0.454 e. The van der Waals surface area contributed by atoms with Gasteiger partial charge in [0, 0.05) is 62.4 Å². The van der Waals surface area contributed by atoms with E-state index < -0.39 is 17.2 Å². The van der Waals surface area contributed by atoms with Crippen molar-refractivity contribution in [3.8, 4) is 22.6 Å². The molecule has 3 N–H and O–H groups in total. The van der Waals surface area contributed by atoms with Crippen molar-refractivity contribution in [3.63, 3.8) is 0 Å². The first-order valence-electron chi connectivity index (χ1n) is 9.46. The summed E-state index contributed by atoms with van der Waals surface area (Å²) in [5.41, 5.74) is 6.99. The van der Waals surface area contributed by atoms with Crippen LogP contribution in [0.5, 0.6) is 11.5 Å². The average Bonchev–Trinajstić information content (AvgIpc) is 2.97. The number of aryl methyl sites for hydroxylation is 3. The Bertz CT molecular complexity index is 1530. The molecule has 10 heteroatoms. The Morgan fingerprint density at radius 1 is 0.969 bits per heavy atom. The Balaban J connectivity index is 2.08. The summed E-state index contributed by atoms with van der Waals surface area (Å²) in [5.74, 6) is -1.77. The summed E-state index contributed by atoms with van der Waals surface area (Å²) in [7, 11) is 4.69. The largest absolute Gasteiger partial charge is 0.454 e. The summed E-state index contributed by atoms with van der Waals surface area (Å²) in [6, 6.07) is 6.08. The number of nitrogens with one attached hydrogen (secondary N) is 1. The van der Waals surface area contributed by atoms with Gasteiger partial charge in [-0.25, -0.2) is 13.6 Å². The van der Waals surface area contributed by atoms with Gasteiger partial charge in [-0.2, -0.15) is 0 Å². The number of halogens is 2. The van der Waals surface area contributed by atoms with Gasteiger partial charge in [-0.3, -0.25) is 13.9 Å². The van der Waals surface area contributed by atoms with Gasteiger partial charge in [0.2, 0.25) is 0 Å². The van der Waals surface area contributed by atoms with Gasteiger partial charge in [-0.1, -0.05) is 0 Å². The number of aromatic nitrogens is 3. The molecule has 2 aromatic heterocycles. The second kappa shape index (κ2) is 7.49. The summed E-state index contributed by atoms with van der Waals surface area (Å²) in [6.45, 7) is 0. The van der Waals surface area contributed by atoms with Gasteiger partial charge in [-0.05, 0) is 18.2 Å². The third-order valence-corrected chi connectivity index (χ3v) is 5.38. The number of anilines is 1. The zero-order chi connectivity index (χ0) is 23.3. The zero-order valence-corrected chi connectivity index (χ0v) is 17.4. The van der Waals surface area contributed by atoms with Crippen molar-refractivity contribution >= 4 is 22.9 Å². The lowest BCUT2D eigenvalue weighted by Crippen LogP contribution is -2.22. The highest BCUT2D eigenvalue weighted by molar-refractivity contribution is 5.98. The van der Waals surface area contributed by atoms with E-state index in [-0.39, 0.29) is 28.4 Å². The molecule has 0 aliphatic rings. The highest BCUT2D eigenvalue weighted by atomic mass is 19.1. The lowest BCUT2D eigenvalue weighted by Gasteiger charge is -2.16. The number of imidazole rings is 1. The Kier molecular flexibility index (Phi) is 4.92. The highest BCUT2D eigenvalue weighted by Crippen LogP contribution is 2.39. The van der Waals surface area contributed by atoms with E-state index >= 15 is 0 Å². The van der Waals surface area contributed by atoms with Crippen molar-refractivity contribution in [2.75, 3.05) is 5.73 Å². The van der Waals surface area contributed by atoms with E-state index in [1.165, 1.54) is 26.9 Å². The molecule has 2 aromatic carbocycles. The normalized spacial score (nSPS) is 11.2. The SMILES string of the molecule is Cn1cc(-c2cc3c(cc2Oc2ccc(F)cc2F)n(C)c(=O)n3C)c(C=N)c(N)c1=O. The number of nitrogens with zero attached hydrogens (tertiary/aromatic N) is 3. The van der Waals surface area contributed by atoms with E-state index in [1.54, 1.807) is 26.2 Å². The van der Waals surface area contributed by atoms with E-state index in [0.29, 0.717) is 28.2 Å². The van der Waals surface area contributed by atoms with Crippen molar-refractivity contribution < 1.29 is 13.5 Å². The quantitative estimate of drug-likeness (QED) is 0.477. The maximum atomic E-state index is 14.3. The zero-order valence-electron chi connectivity index (χ0n) is 17.4. The molecular weight excluding hydrogens is 420 g/mol. The lowest BCUT2D eigenvalue weighted by molar-refractivity contribution is 0.439.